The molecule has 0 aromatic heterocycles. The van der Waals surface area contributed by atoms with Crippen molar-refractivity contribution in [3.63, 3.8) is 0 Å². The van der Waals surface area contributed by atoms with Crippen LogP contribution in [0.25, 0.3) is 0 Å². The molecule has 1 saturated heterocycles. The maximum absolute atomic E-state index is 11.6. The van der Waals surface area contributed by atoms with E-state index in [9.17, 15) is 13.2 Å². The largest absolute Gasteiger partial charge is 0.374 e. The van der Waals surface area contributed by atoms with Gasteiger partial charge in [-0.2, -0.15) is 0 Å². The molecule has 1 atom stereocenters. The average Bonchev–Trinajstić information content (AvgIpc) is 2.26. The third kappa shape index (κ3) is 5.99. The molecule has 0 radical (unpaired) electrons. The number of rotatable bonds is 5. The topological polar surface area (TPSA) is 75.7 Å². The lowest BCUT2D eigenvalue weighted by Crippen LogP contribution is -2.45. The molecule has 1 heterocycles. The molecular weight excluding hydrogens is 244 g/mol. The molecule has 1 amide bonds. The highest BCUT2D eigenvalue weighted by molar-refractivity contribution is 7.90. The van der Waals surface area contributed by atoms with E-state index in [1.54, 1.807) is 7.05 Å². The number of likely N-dealkylation sites (N-methyl/N-ethyl adjacent to an activating group) is 1. The van der Waals surface area contributed by atoms with Gasteiger partial charge in [-0.3, -0.25) is 4.79 Å². The molecule has 0 aliphatic carbocycles. The zero-order valence-corrected chi connectivity index (χ0v) is 11.1. The molecule has 1 unspecified atom stereocenters. The van der Waals surface area contributed by atoms with Gasteiger partial charge in [-0.15, -0.1) is 0 Å². The van der Waals surface area contributed by atoms with Crippen molar-refractivity contribution in [2.75, 3.05) is 45.3 Å². The quantitative estimate of drug-likeness (QED) is 0.680. The summed E-state index contributed by atoms with van der Waals surface area (Å²) in [5.74, 6) is -0.260. The first kappa shape index (κ1) is 14.4. The monoisotopic (exact) mass is 264 g/mol. The van der Waals surface area contributed by atoms with Gasteiger partial charge in [0.25, 0.3) is 0 Å². The Balaban J connectivity index is 2.30. The van der Waals surface area contributed by atoms with E-state index in [2.05, 4.69) is 5.32 Å². The summed E-state index contributed by atoms with van der Waals surface area (Å²) >= 11 is 0. The Hall–Kier alpha value is -0.660. The lowest BCUT2D eigenvalue weighted by atomic mass is 10.3. The predicted octanol–water partition coefficient (Wildman–Crippen LogP) is -1.13. The summed E-state index contributed by atoms with van der Waals surface area (Å²) in [6.45, 7) is 2.71. The first-order valence-electron chi connectivity index (χ1n) is 5.62. The maximum atomic E-state index is 11.6. The highest BCUT2D eigenvalue weighted by Crippen LogP contribution is 2.01. The van der Waals surface area contributed by atoms with Crippen LogP contribution >= 0.6 is 0 Å². The fraction of sp³-hybridized carbons (Fsp3) is 0.900. The molecule has 0 spiro atoms. The SMILES string of the molecule is CN(CC1CNCCO1)C(=O)CCS(C)(=O)=O. The number of amides is 1. The number of nitrogens with zero attached hydrogens (tertiary/aromatic N) is 1. The van der Waals surface area contributed by atoms with Gasteiger partial charge in [0.15, 0.2) is 0 Å². The molecule has 0 bridgehead atoms. The number of morpholine rings is 1. The van der Waals surface area contributed by atoms with Gasteiger partial charge in [0.05, 0.1) is 18.5 Å². The van der Waals surface area contributed by atoms with Crippen molar-refractivity contribution in [3.8, 4) is 0 Å². The number of carbonyl (C=O) groups excluding carboxylic acids is 1. The maximum Gasteiger partial charge on any atom is 0.223 e. The van der Waals surface area contributed by atoms with E-state index in [1.165, 1.54) is 4.90 Å². The molecular formula is C10H20N2O4S. The lowest BCUT2D eigenvalue weighted by molar-refractivity contribution is -0.131. The van der Waals surface area contributed by atoms with Crippen molar-refractivity contribution in [1.29, 1.82) is 0 Å². The molecule has 1 aliphatic rings. The molecule has 0 aromatic rings. The Kier molecular flexibility index (Phi) is 5.35. The number of hydrogen-bond donors (Lipinski definition) is 1. The van der Waals surface area contributed by atoms with Crippen LogP contribution in [0.15, 0.2) is 0 Å². The highest BCUT2D eigenvalue weighted by atomic mass is 32.2. The minimum atomic E-state index is -3.08. The highest BCUT2D eigenvalue weighted by Gasteiger charge is 2.19. The minimum absolute atomic E-state index is 0.00377. The van der Waals surface area contributed by atoms with Gasteiger partial charge in [-0.05, 0) is 0 Å². The number of ether oxygens (including phenoxy) is 1. The van der Waals surface area contributed by atoms with E-state index in [1.807, 2.05) is 0 Å². The smallest absolute Gasteiger partial charge is 0.223 e. The molecule has 7 heteroatoms. The van der Waals surface area contributed by atoms with Crippen LogP contribution in [0.2, 0.25) is 0 Å². The van der Waals surface area contributed by atoms with Crippen molar-refractivity contribution in [3.05, 3.63) is 0 Å². The average molecular weight is 264 g/mol. The van der Waals surface area contributed by atoms with Crippen molar-refractivity contribution in [2.45, 2.75) is 12.5 Å². The van der Waals surface area contributed by atoms with Crippen LogP contribution in [-0.2, 0) is 19.4 Å². The number of sulfone groups is 1. The van der Waals surface area contributed by atoms with Gasteiger partial charge in [-0.1, -0.05) is 0 Å². The van der Waals surface area contributed by atoms with Gasteiger partial charge in [0.1, 0.15) is 9.84 Å². The van der Waals surface area contributed by atoms with Crippen LogP contribution in [-0.4, -0.2) is 70.6 Å². The minimum Gasteiger partial charge on any atom is -0.374 e. The normalized spacial score (nSPS) is 21.2. The Morgan fingerprint density at radius 2 is 2.24 bits per heavy atom. The van der Waals surface area contributed by atoms with Gasteiger partial charge >= 0.3 is 0 Å². The summed E-state index contributed by atoms with van der Waals surface area (Å²) in [5, 5.41) is 3.18. The third-order valence-electron chi connectivity index (χ3n) is 2.59. The van der Waals surface area contributed by atoms with Gasteiger partial charge < -0.3 is 15.0 Å². The van der Waals surface area contributed by atoms with Gasteiger partial charge in [0, 0.05) is 39.4 Å². The molecule has 17 heavy (non-hydrogen) atoms. The summed E-state index contributed by atoms with van der Waals surface area (Å²) in [5.41, 5.74) is 0. The van der Waals surface area contributed by atoms with Crippen LogP contribution in [0, 0.1) is 0 Å². The molecule has 100 valence electrons. The van der Waals surface area contributed by atoms with Crippen LogP contribution in [0.5, 0.6) is 0 Å². The van der Waals surface area contributed by atoms with Crippen LogP contribution < -0.4 is 5.32 Å². The van der Waals surface area contributed by atoms with E-state index in [4.69, 9.17) is 4.74 Å². The number of carbonyl (C=O) groups is 1. The van der Waals surface area contributed by atoms with Crippen molar-refractivity contribution in [1.82, 2.24) is 10.2 Å². The molecule has 0 aromatic carbocycles. The Morgan fingerprint density at radius 1 is 1.53 bits per heavy atom. The number of hydrogen-bond acceptors (Lipinski definition) is 5. The Labute approximate surface area is 102 Å². The fourth-order valence-electron chi connectivity index (χ4n) is 1.61. The Morgan fingerprint density at radius 3 is 2.76 bits per heavy atom. The summed E-state index contributed by atoms with van der Waals surface area (Å²) in [6, 6.07) is 0. The second-order valence-electron chi connectivity index (χ2n) is 4.35. The van der Waals surface area contributed by atoms with E-state index < -0.39 is 9.84 Å². The van der Waals surface area contributed by atoms with E-state index in [0.717, 1.165) is 19.3 Å². The van der Waals surface area contributed by atoms with Crippen LogP contribution in [0.4, 0.5) is 0 Å². The molecule has 1 N–H and O–H groups in total. The summed E-state index contributed by atoms with van der Waals surface area (Å²) in [6.07, 6.45) is 1.17. The molecule has 6 nitrogen and oxygen atoms in total. The zero-order chi connectivity index (χ0) is 12.9. The molecule has 0 saturated carbocycles. The van der Waals surface area contributed by atoms with Crippen molar-refractivity contribution < 1.29 is 17.9 Å². The van der Waals surface area contributed by atoms with Crippen LogP contribution in [0.3, 0.4) is 0 Å². The molecule has 1 fully saturated rings. The first-order chi connectivity index (χ1) is 7.88. The Bertz CT molecular complexity index is 349. The van der Waals surface area contributed by atoms with Crippen LogP contribution in [0.1, 0.15) is 6.42 Å². The van der Waals surface area contributed by atoms with Gasteiger partial charge in [-0.25, -0.2) is 8.42 Å². The predicted molar refractivity (Wildman–Crippen MR) is 64.6 cm³/mol. The fourth-order valence-corrected chi connectivity index (χ4v) is 2.15. The third-order valence-corrected chi connectivity index (χ3v) is 3.54. The standard InChI is InChI=1S/C10H20N2O4S/c1-12(8-9-7-11-4-5-16-9)10(13)3-6-17(2,14)15/h9,11H,3-8H2,1-2H3. The number of nitrogens with one attached hydrogen (secondary N) is 1. The van der Waals surface area contributed by atoms with Gasteiger partial charge in [0.2, 0.25) is 5.91 Å². The van der Waals surface area contributed by atoms with E-state index in [0.29, 0.717) is 13.2 Å². The van der Waals surface area contributed by atoms with E-state index >= 15 is 0 Å². The second kappa shape index (κ2) is 6.32. The summed E-state index contributed by atoms with van der Waals surface area (Å²) < 4.78 is 27.4. The first-order valence-corrected chi connectivity index (χ1v) is 7.68. The summed E-state index contributed by atoms with van der Waals surface area (Å²) in [7, 11) is -1.41. The molecule has 1 rings (SSSR count). The lowest BCUT2D eigenvalue weighted by Gasteiger charge is -2.28. The van der Waals surface area contributed by atoms with Crippen molar-refractivity contribution >= 4 is 15.7 Å². The zero-order valence-electron chi connectivity index (χ0n) is 10.3. The van der Waals surface area contributed by atoms with E-state index in [-0.39, 0.29) is 24.2 Å². The van der Waals surface area contributed by atoms with Crippen molar-refractivity contribution in [2.24, 2.45) is 0 Å². The second-order valence-corrected chi connectivity index (χ2v) is 6.61. The summed E-state index contributed by atoms with van der Waals surface area (Å²) in [4.78, 5) is 13.2. The molecule has 1 aliphatic heterocycles.